The lowest BCUT2D eigenvalue weighted by Gasteiger charge is -2.32. The number of benzene rings is 4. The molecule has 1 saturated heterocycles. The first kappa shape index (κ1) is 60.7. The molecule has 1 aliphatic heterocycles. The molecule has 1 heterocycles. The third-order valence-corrected chi connectivity index (χ3v) is 14.7. The van der Waals surface area contributed by atoms with Gasteiger partial charge >= 0.3 is 7.12 Å². The second kappa shape index (κ2) is 26.7. The second-order valence-corrected chi connectivity index (χ2v) is 24.7. The average molecular weight is 1100 g/mol. The molecule has 4 aromatic carbocycles. The van der Waals surface area contributed by atoms with Crippen LogP contribution in [0.1, 0.15) is 78.2 Å². The van der Waals surface area contributed by atoms with E-state index in [2.05, 4.69) is 115 Å². The van der Waals surface area contributed by atoms with Gasteiger partial charge in [-0.25, -0.2) is 8.42 Å². The number of rotatable bonds is 7. The Kier molecular flexibility index (Phi) is 27.9. The summed E-state index contributed by atoms with van der Waals surface area (Å²) < 4.78 is 64.8. The molecule has 3 atom stereocenters. The Bertz CT molecular complexity index is 2120. The Morgan fingerprint density at radius 1 is 0.586 bits per heavy atom. The van der Waals surface area contributed by atoms with Gasteiger partial charge in [0.2, 0.25) is 0 Å². The summed E-state index contributed by atoms with van der Waals surface area (Å²) in [6.07, 6.45) is 4.80. The van der Waals surface area contributed by atoms with Gasteiger partial charge in [0, 0.05) is 77.7 Å². The molecule has 58 heavy (non-hydrogen) atoms. The van der Waals surface area contributed by atoms with Gasteiger partial charge in [-0.05, 0) is 128 Å². The largest absolute Gasteiger partial charge is 0.494 e. The van der Waals surface area contributed by atoms with Gasteiger partial charge < -0.3 is 9.31 Å². The summed E-state index contributed by atoms with van der Waals surface area (Å²) in [5.41, 5.74) is 4.05. The topological polar surface area (TPSA) is 118 Å². The Labute approximate surface area is 385 Å². The van der Waals surface area contributed by atoms with Crippen molar-refractivity contribution >= 4 is 108 Å². The molecule has 8 nitrogen and oxygen atoms in total. The van der Waals surface area contributed by atoms with E-state index in [9.17, 15) is 12.6 Å². The lowest BCUT2D eigenvalue weighted by atomic mass is 9.78. The van der Waals surface area contributed by atoms with Crippen LogP contribution < -0.4 is 5.46 Å². The fourth-order valence-electron chi connectivity index (χ4n) is 4.03. The van der Waals surface area contributed by atoms with E-state index in [0.717, 1.165) is 36.9 Å². The van der Waals surface area contributed by atoms with E-state index in [-0.39, 0.29) is 48.0 Å². The SMILES string of the molecule is Brc1ccc(I)cc1.C.C.C.C.CCS(C)(=N)=O.CCS(C)(=O)=Nc1ccc(-c2ccc(B3OC(C)(C)C(C)(C)O3)cc2)cc1.CCS(C)(=O)=Nc1ccc(Br)cc1. The zero-order chi connectivity index (χ0) is 41.0. The van der Waals surface area contributed by atoms with Crippen molar-refractivity contribution in [1.29, 1.82) is 4.78 Å². The van der Waals surface area contributed by atoms with Crippen molar-refractivity contribution in [3.63, 3.8) is 0 Å². The highest BCUT2D eigenvalue weighted by Gasteiger charge is 2.51. The molecule has 5 rings (SSSR count). The van der Waals surface area contributed by atoms with E-state index in [0.29, 0.717) is 17.3 Å². The number of nitrogens with zero attached hydrogens (tertiary/aromatic N) is 2. The molecule has 1 fully saturated rings. The highest BCUT2D eigenvalue weighted by Crippen LogP contribution is 2.36. The quantitative estimate of drug-likeness (QED) is 0.146. The molecule has 0 aromatic heterocycles. The standard InChI is InChI=1S/C21H28BNO3S.C9H12BrNOS.C6H4BrI.C3H9NOS.4CH4/c1-7-27(6,24)23-19-14-10-17(11-15-19)16-8-12-18(13-9-16)22-25-20(2,3)21(4,5)26-22;1-3-13(2,12)11-9-6-4-8(10)5-7-9;7-5-1-3-6(8)4-2-5;1-3-6(2,4)5;;;;/h8-15H,7H2,1-6H3;4-7H,3H2,1-2H3;1-4H;4H,3H2,1-2H3;4*1H4. The zero-order valence-electron chi connectivity index (χ0n) is 32.7. The van der Waals surface area contributed by atoms with Crippen molar-refractivity contribution in [3.8, 4) is 11.1 Å². The number of hydrogen-bond donors (Lipinski definition) is 1. The molecule has 0 aliphatic carbocycles. The highest BCUT2D eigenvalue weighted by atomic mass is 127. The molecule has 328 valence electrons. The van der Waals surface area contributed by atoms with Gasteiger partial charge in [-0.15, -0.1) is 0 Å². The van der Waals surface area contributed by atoms with Crippen molar-refractivity contribution in [1.82, 2.24) is 0 Å². The molecule has 4 aromatic rings. The maximum absolute atomic E-state index is 12.1. The third kappa shape index (κ3) is 21.8. The first-order valence-corrected chi connectivity index (χ1v) is 26.2. The normalized spacial score (nSPS) is 16.1. The molecule has 0 amide bonds. The van der Waals surface area contributed by atoms with Crippen molar-refractivity contribution in [2.24, 2.45) is 8.73 Å². The van der Waals surface area contributed by atoms with Crippen LogP contribution >= 0.6 is 54.5 Å². The minimum Gasteiger partial charge on any atom is -0.399 e. The van der Waals surface area contributed by atoms with Crippen LogP contribution in [0.25, 0.3) is 11.1 Å². The summed E-state index contributed by atoms with van der Waals surface area (Å²) in [6, 6.07) is 31.7. The van der Waals surface area contributed by atoms with Gasteiger partial charge in [0.15, 0.2) is 0 Å². The summed E-state index contributed by atoms with van der Waals surface area (Å²) in [7, 11) is -6.67. The molecule has 0 spiro atoms. The van der Waals surface area contributed by atoms with Crippen LogP contribution in [0.15, 0.2) is 115 Å². The summed E-state index contributed by atoms with van der Waals surface area (Å²) in [5, 5.41) is 0. The predicted octanol–water partition coefficient (Wildman–Crippen LogP) is 13.9. The monoisotopic (exact) mass is 1100 g/mol. The van der Waals surface area contributed by atoms with Crippen molar-refractivity contribution in [2.45, 2.75) is 89.4 Å². The lowest BCUT2D eigenvalue weighted by Crippen LogP contribution is -2.41. The molecule has 0 radical (unpaired) electrons. The van der Waals surface area contributed by atoms with Gasteiger partial charge in [0.25, 0.3) is 0 Å². The van der Waals surface area contributed by atoms with E-state index in [4.69, 9.17) is 14.1 Å². The van der Waals surface area contributed by atoms with Crippen LogP contribution in [0.4, 0.5) is 11.4 Å². The Morgan fingerprint density at radius 3 is 1.17 bits per heavy atom. The molecular formula is C43H69BBr2IN3O5S3. The van der Waals surface area contributed by atoms with Gasteiger partial charge in [-0.1, -0.05) is 119 Å². The third-order valence-electron chi connectivity index (χ3n) is 8.49. The van der Waals surface area contributed by atoms with Crippen molar-refractivity contribution < 1.29 is 21.9 Å². The minimum absolute atomic E-state index is 0. The van der Waals surface area contributed by atoms with Crippen LogP contribution in [0, 0.1) is 8.35 Å². The number of nitrogens with one attached hydrogen (secondary N) is 1. The van der Waals surface area contributed by atoms with Crippen molar-refractivity contribution in [2.75, 3.05) is 36.0 Å². The Hall–Kier alpha value is -1.60. The van der Waals surface area contributed by atoms with Gasteiger partial charge in [-0.3, -0.25) is 8.99 Å². The van der Waals surface area contributed by atoms with E-state index >= 15 is 0 Å². The summed E-state index contributed by atoms with van der Waals surface area (Å²) in [6.45, 7) is 13.7. The Morgan fingerprint density at radius 2 is 0.879 bits per heavy atom. The summed E-state index contributed by atoms with van der Waals surface area (Å²) in [5.74, 6) is 1.60. The van der Waals surface area contributed by atoms with Gasteiger partial charge in [0.1, 0.15) is 0 Å². The highest BCUT2D eigenvalue weighted by molar-refractivity contribution is 14.1. The molecular weight excluding hydrogens is 1030 g/mol. The average Bonchev–Trinajstić information content (AvgIpc) is 3.33. The van der Waals surface area contributed by atoms with E-state index in [1.165, 1.54) is 9.83 Å². The van der Waals surface area contributed by atoms with Gasteiger partial charge in [-0.2, -0.15) is 8.73 Å². The fraction of sp³-hybridized carbons (Fsp3) is 0.442. The second-order valence-electron chi connectivity index (χ2n) is 13.6. The molecule has 15 heteroatoms. The minimum atomic E-state index is -2.16. The van der Waals surface area contributed by atoms with Crippen LogP contribution in [-0.2, 0) is 38.5 Å². The molecule has 1 N–H and O–H groups in total. The van der Waals surface area contributed by atoms with Crippen LogP contribution in [0.2, 0.25) is 0 Å². The molecule has 0 saturated carbocycles. The molecule has 0 bridgehead atoms. The van der Waals surface area contributed by atoms with E-state index < -0.39 is 29.2 Å². The van der Waals surface area contributed by atoms with Crippen LogP contribution in [0.3, 0.4) is 0 Å². The van der Waals surface area contributed by atoms with Crippen LogP contribution in [-0.4, -0.2) is 67.0 Å². The first-order chi connectivity index (χ1) is 24.9. The fourth-order valence-corrected chi connectivity index (χ4v) is 6.31. The lowest BCUT2D eigenvalue weighted by molar-refractivity contribution is 0.00578. The van der Waals surface area contributed by atoms with E-state index in [1.54, 1.807) is 19.4 Å². The number of hydrogen-bond acceptors (Lipinski definition) is 8. The molecule has 3 unspecified atom stereocenters. The summed E-state index contributed by atoms with van der Waals surface area (Å²) in [4.78, 5) is 0. The molecule has 1 aliphatic rings. The predicted molar refractivity (Wildman–Crippen MR) is 276 cm³/mol. The van der Waals surface area contributed by atoms with E-state index in [1.807, 2.05) is 86.6 Å². The van der Waals surface area contributed by atoms with Crippen LogP contribution in [0.5, 0.6) is 0 Å². The Balaban J connectivity index is -0.000000814. The maximum atomic E-state index is 12.1. The maximum Gasteiger partial charge on any atom is 0.494 e. The summed E-state index contributed by atoms with van der Waals surface area (Å²) >= 11 is 8.95. The smallest absolute Gasteiger partial charge is 0.399 e. The number of halogens is 3. The first-order valence-electron chi connectivity index (χ1n) is 17.2. The zero-order valence-corrected chi connectivity index (χ0v) is 40.5. The van der Waals surface area contributed by atoms with Crippen molar-refractivity contribution in [3.05, 3.63) is 110 Å². The van der Waals surface area contributed by atoms with Gasteiger partial charge in [0.05, 0.1) is 22.6 Å².